The van der Waals surface area contributed by atoms with Crippen LogP contribution >= 0.6 is 0 Å². The molecular formula is C21H25F3N4O3. The van der Waals surface area contributed by atoms with Gasteiger partial charge in [-0.05, 0) is 37.5 Å². The van der Waals surface area contributed by atoms with E-state index in [1.54, 1.807) is 0 Å². The lowest BCUT2D eigenvalue weighted by Gasteiger charge is -2.37. The molecule has 1 heterocycles. The van der Waals surface area contributed by atoms with E-state index in [0.717, 1.165) is 25.0 Å². The zero-order valence-electron chi connectivity index (χ0n) is 17.1. The van der Waals surface area contributed by atoms with Crippen molar-refractivity contribution in [3.05, 3.63) is 59.7 Å². The van der Waals surface area contributed by atoms with Gasteiger partial charge in [0.15, 0.2) is 12.1 Å². The molecule has 1 aliphatic rings. The second-order valence-corrected chi connectivity index (χ2v) is 7.67. The lowest BCUT2D eigenvalue weighted by molar-refractivity contribution is -0.131. The molecule has 0 radical (unpaired) electrons. The molecule has 31 heavy (non-hydrogen) atoms. The van der Waals surface area contributed by atoms with E-state index in [1.807, 2.05) is 0 Å². The van der Waals surface area contributed by atoms with Gasteiger partial charge in [-0.25, -0.2) is 18.2 Å². The third kappa shape index (κ3) is 4.75. The van der Waals surface area contributed by atoms with Crippen LogP contribution in [0.1, 0.15) is 53.9 Å². The van der Waals surface area contributed by atoms with Gasteiger partial charge in [-0.2, -0.15) is 0 Å². The standard InChI is InChI=1S/C21H25F3N4O3/c1-3-20(26,21(23,24)10-30-9-12(2)25)15-8-14(6-7-16(15)22)28-19(29)17-18(13-4-5-13)31-11-27-17/h6-8,11,13H,2-5,9-10,25-26H2,1H3,(H,28,29)/t20-/m1/s1. The van der Waals surface area contributed by atoms with Crippen LogP contribution in [-0.2, 0) is 10.3 Å². The Morgan fingerprint density at radius 3 is 2.74 bits per heavy atom. The number of carbonyl (C=O) groups is 1. The maximum absolute atomic E-state index is 15.0. The van der Waals surface area contributed by atoms with E-state index in [2.05, 4.69) is 16.9 Å². The zero-order chi connectivity index (χ0) is 22.8. The molecule has 0 spiro atoms. The first-order chi connectivity index (χ1) is 14.6. The van der Waals surface area contributed by atoms with Crippen molar-refractivity contribution in [2.75, 3.05) is 18.5 Å². The summed E-state index contributed by atoms with van der Waals surface area (Å²) in [4.78, 5) is 16.5. The molecule has 1 aliphatic carbocycles. The molecule has 7 nitrogen and oxygen atoms in total. The van der Waals surface area contributed by atoms with Crippen molar-refractivity contribution in [1.82, 2.24) is 4.98 Å². The highest BCUT2D eigenvalue weighted by atomic mass is 19.3. The number of carbonyl (C=O) groups excluding carboxylic acids is 1. The number of hydrogen-bond acceptors (Lipinski definition) is 6. The minimum atomic E-state index is -3.63. The molecular weight excluding hydrogens is 413 g/mol. The number of halogens is 3. The molecule has 0 saturated heterocycles. The average Bonchev–Trinajstić information content (AvgIpc) is 3.44. The Kier molecular flexibility index (Phi) is 6.42. The van der Waals surface area contributed by atoms with E-state index in [0.29, 0.717) is 5.76 Å². The fourth-order valence-corrected chi connectivity index (χ4v) is 3.28. The van der Waals surface area contributed by atoms with Gasteiger partial charge >= 0.3 is 0 Å². The van der Waals surface area contributed by atoms with E-state index in [-0.39, 0.29) is 36.0 Å². The molecule has 3 rings (SSSR count). The summed E-state index contributed by atoms with van der Waals surface area (Å²) in [5, 5.41) is 2.55. The second-order valence-electron chi connectivity index (χ2n) is 7.67. The van der Waals surface area contributed by atoms with Crippen molar-refractivity contribution in [2.24, 2.45) is 11.5 Å². The highest BCUT2D eigenvalue weighted by molar-refractivity contribution is 6.03. The van der Waals surface area contributed by atoms with Gasteiger partial charge in [-0.1, -0.05) is 13.5 Å². The number of benzene rings is 1. The van der Waals surface area contributed by atoms with E-state index in [4.69, 9.17) is 20.6 Å². The lowest BCUT2D eigenvalue weighted by Crippen LogP contribution is -2.55. The number of nitrogens with two attached hydrogens (primary N) is 2. The normalized spacial score (nSPS) is 16.0. The van der Waals surface area contributed by atoms with E-state index >= 15 is 0 Å². The topological polar surface area (TPSA) is 116 Å². The SMILES string of the molecule is C=C(N)COCC(F)(F)[C@@](N)(CC)c1cc(NC(=O)c2ncoc2C2CC2)ccc1F. The van der Waals surface area contributed by atoms with Crippen LogP contribution in [0.15, 0.2) is 41.3 Å². The van der Waals surface area contributed by atoms with Gasteiger partial charge in [0.1, 0.15) is 23.7 Å². The summed E-state index contributed by atoms with van der Waals surface area (Å²) in [5.41, 5.74) is 8.80. The van der Waals surface area contributed by atoms with Crippen LogP contribution in [-0.4, -0.2) is 30.0 Å². The van der Waals surface area contributed by atoms with Crippen molar-refractivity contribution >= 4 is 11.6 Å². The van der Waals surface area contributed by atoms with E-state index in [9.17, 15) is 18.0 Å². The van der Waals surface area contributed by atoms with Gasteiger partial charge in [0.25, 0.3) is 11.8 Å². The molecule has 0 bridgehead atoms. The first-order valence-electron chi connectivity index (χ1n) is 9.81. The first kappa shape index (κ1) is 22.8. The second kappa shape index (κ2) is 8.72. The van der Waals surface area contributed by atoms with Crippen molar-refractivity contribution < 1.29 is 27.1 Å². The molecule has 1 aromatic carbocycles. The third-order valence-electron chi connectivity index (χ3n) is 5.24. The fourth-order valence-electron chi connectivity index (χ4n) is 3.28. The Balaban J connectivity index is 1.85. The maximum Gasteiger partial charge on any atom is 0.292 e. The van der Waals surface area contributed by atoms with Gasteiger partial charge < -0.3 is 25.9 Å². The van der Waals surface area contributed by atoms with Crippen LogP contribution in [0.25, 0.3) is 0 Å². The fraction of sp³-hybridized carbons (Fsp3) is 0.429. The van der Waals surface area contributed by atoms with Crippen LogP contribution in [0.2, 0.25) is 0 Å². The van der Waals surface area contributed by atoms with Crippen molar-refractivity contribution in [3.8, 4) is 0 Å². The molecule has 1 saturated carbocycles. The smallest absolute Gasteiger partial charge is 0.292 e. The number of nitrogens with zero attached hydrogens (tertiary/aromatic N) is 1. The van der Waals surface area contributed by atoms with Crippen LogP contribution in [0.3, 0.4) is 0 Å². The van der Waals surface area contributed by atoms with Crippen molar-refractivity contribution in [2.45, 2.75) is 43.6 Å². The number of rotatable bonds is 10. The highest BCUT2D eigenvalue weighted by Gasteiger charge is 2.52. The Labute approximate surface area is 177 Å². The molecule has 1 amide bonds. The Morgan fingerprint density at radius 1 is 1.42 bits per heavy atom. The number of hydrogen-bond donors (Lipinski definition) is 3. The van der Waals surface area contributed by atoms with Gasteiger partial charge in [0, 0.05) is 22.9 Å². The molecule has 1 fully saturated rings. The highest BCUT2D eigenvalue weighted by Crippen LogP contribution is 2.42. The quantitative estimate of drug-likeness (QED) is 0.522. The van der Waals surface area contributed by atoms with Crippen LogP contribution in [0.4, 0.5) is 18.9 Å². The molecule has 1 atom stereocenters. The lowest BCUT2D eigenvalue weighted by atomic mass is 9.81. The molecule has 168 valence electrons. The van der Waals surface area contributed by atoms with Crippen LogP contribution in [0.5, 0.6) is 0 Å². The van der Waals surface area contributed by atoms with Gasteiger partial charge in [-0.3, -0.25) is 4.79 Å². The van der Waals surface area contributed by atoms with Crippen LogP contribution in [0, 0.1) is 5.82 Å². The number of aromatic nitrogens is 1. The first-order valence-corrected chi connectivity index (χ1v) is 9.81. The molecule has 0 unspecified atom stereocenters. The third-order valence-corrected chi connectivity index (χ3v) is 5.24. The number of ether oxygens (including phenoxy) is 1. The van der Waals surface area contributed by atoms with Crippen molar-refractivity contribution in [3.63, 3.8) is 0 Å². The summed E-state index contributed by atoms with van der Waals surface area (Å²) in [6, 6.07) is 3.34. The molecule has 1 aromatic heterocycles. The monoisotopic (exact) mass is 438 g/mol. The predicted octanol–water partition coefficient (Wildman–Crippen LogP) is 3.63. The minimum absolute atomic E-state index is 0.0734. The Morgan fingerprint density at radius 2 is 2.13 bits per heavy atom. The number of amides is 1. The molecule has 2 aromatic rings. The van der Waals surface area contributed by atoms with Gasteiger partial charge in [-0.15, -0.1) is 0 Å². The maximum atomic E-state index is 15.0. The summed E-state index contributed by atoms with van der Waals surface area (Å²) in [6.45, 7) is 3.43. The number of oxazole rings is 1. The summed E-state index contributed by atoms with van der Waals surface area (Å²) in [7, 11) is 0. The predicted molar refractivity (Wildman–Crippen MR) is 108 cm³/mol. The van der Waals surface area contributed by atoms with Gasteiger partial charge in [0.2, 0.25) is 0 Å². The largest absolute Gasteiger partial charge is 0.447 e. The van der Waals surface area contributed by atoms with E-state index in [1.165, 1.54) is 19.4 Å². The summed E-state index contributed by atoms with van der Waals surface area (Å²) >= 11 is 0. The Hall–Kier alpha value is -2.85. The summed E-state index contributed by atoms with van der Waals surface area (Å²) in [5.74, 6) is -4.51. The molecule has 0 aliphatic heterocycles. The zero-order valence-corrected chi connectivity index (χ0v) is 17.1. The van der Waals surface area contributed by atoms with Crippen molar-refractivity contribution in [1.29, 1.82) is 0 Å². The number of anilines is 1. The van der Waals surface area contributed by atoms with E-state index < -0.39 is 35.4 Å². The number of alkyl halides is 2. The average molecular weight is 438 g/mol. The summed E-state index contributed by atoms with van der Waals surface area (Å²) in [6.07, 6.45) is 2.68. The van der Waals surface area contributed by atoms with Gasteiger partial charge in [0.05, 0.1) is 6.61 Å². The minimum Gasteiger partial charge on any atom is -0.447 e. The summed E-state index contributed by atoms with van der Waals surface area (Å²) < 4.78 is 54.7. The molecule has 5 N–H and O–H groups in total. The Bertz CT molecular complexity index is 975. The number of nitrogens with one attached hydrogen (secondary N) is 1. The van der Waals surface area contributed by atoms with Crippen LogP contribution < -0.4 is 16.8 Å². The molecule has 10 heteroatoms.